The number of benzene rings is 2. The second-order valence-electron chi connectivity index (χ2n) is 7.85. The second-order valence-corrected chi connectivity index (χ2v) is 10.2. The number of halogens is 1. The number of carbonyl (C=O) groups is 1. The normalized spacial score (nSPS) is 17.6. The lowest BCUT2D eigenvalue weighted by atomic mass is 10.0. The van der Waals surface area contributed by atoms with Crippen LogP contribution in [0, 0.1) is 5.92 Å². The van der Waals surface area contributed by atoms with Crippen molar-refractivity contribution in [3.05, 3.63) is 58.1 Å². The molecule has 2 aliphatic heterocycles. The van der Waals surface area contributed by atoms with Gasteiger partial charge in [0.25, 0.3) is 0 Å². The Morgan fingerprint density at radius 2 is 1.90 bits per heavy atom. The fraction of sp³-hybridized carbons (Fsp3) is 0.409. The SMILES string of the molecule is CC1CCN(S(=O)(=O)c2ccc(C(=O)OCc3cc(Cl)cc4c3OCOC4)cc2)CC1. The average molecular weight is 466 g/mol. The first-order valence-electron chi connectivity index (χ1n) is 10.1. The predicted octanol–water partition coefficient (Wildman–Crippen LogP) is 3.98. The van der Waals surface area contributed by atoms with Gasteiger partial charge in [-0.05, 0) is 55.2 Å². The number of hydrogen-bond donors (Lipinski definition) is 0. The third-order valence-corrected chi connectivity index (χ3v) is 7.71. The largest absolute Gasteiger partial charge is 0.467 e. The lowest BCUT2D eigenvalue weighted by Gasteiger charge is -2.29. The number of piperidine rings is 1. The van der Waals surface area contributed by atoms with Crippen molar-refractivity contribution in [3.8, 4) is 5.75 Å². The highest BCUT2D eigenvalue weighted by atomic mass is 35.5. The summed E-state index contributed by atoms with van der Waals surface area (Å²) in [5, 5.41) is 0.501. The molecule has 0 radical (unpaired) electrons. The monoisotopic (exact) mass is 465 g/mol. The molecule has 1 fully saturated rings. The Morgan fingerprint density at radius 3 is 2.61 bits per heavy atom. The quantitative estimate of drug-likeness (QED) is 0.621. The molecule has 0 N–H and O–H groups in total. The number of hydrogen-bond acceptors (Lipinski definition) is 6. The average Bonchev–Trinajstić information content (AvgIpc) is 2.77. The number of rotatable bonds is 5. The van der Waals surface area contributed by atoms with Crippen molar-refractivity contribution in [3.63, 3.8) is 0 Å². The Morgan fingerprint density at radius 1 is 1.19 bits per heavy atom. The maximum atomic E-state index is 12.8. The summed E-state index contributed by atoms with van der Waals surface area (Å²) in [4.78, 5) is 12.7. The highest BCUT2D eigenvalue weighted by molar-refractivity contribution is 7.89. The van der Waals surface area contributed by atoms with Crippen molar-refractivity contribution < 1.29 is 27.4 Å². The van der Waals surface area contributed by atoms with Crippen molar-refractivity contribution in [2.45, 2.75) is 37.9 Å². The van der Waals surface area contributed by atoms with E-state index >= 15 is 0 Å². The van der Waals surface area contributed by atoms with Gasteiger partial charge in [-0.25, -0.2) is 13.2 Å². The van der Waals surface area contributed by atoms with Gasteiger partial charge in [-0.15, -0.1) is 0 Å². The fourth-order valence-corrected chi connectivity index (χ4v) is 5.46. The molecule has 2 heterocycles. The summed E-state index contributed by atoms with van der Waals surface area (Å²) in [6.07, 6.45) is 1.71. The van der Waals surface area contributed by atoms with E-state index in [-0.39, 0.29) is 23.9 Å². The van der Waals surface area contributed by atoms with Crippen LogP contribution in [0.15, 0.2) is 41.3 Å². The molecule has 7 nitrogen and oxygen atoms in total. The van der Waals surface area contributed by atoms with Gasteiger partial charge in [0, 0.05) is 29.2 Å². The third-order valence-electron chi connectivity index (χ3n) is 5.58. The first-order valence-corrected chi connectivity index (χ1v) is 12.0. The van der Waals surface area contributed by atoms with E-state index in [4.69, 9.17) is 25.8 Å². The standard InChI is InChI=1S/C22H24ClNO6S/c1-15-6-8-24(9-7-15)31(26,27)20-4-2-16(3-5-20)22(25)29-13-18-11-19(23)10-17-12-28-14-30-21(17)18/h2-5,10-11,15H,6-9,12-14H2,1H3. The second kappa shape index (κ2) is 9.16. The lowest BCUT2D eigenvalue weighted by Crippen LogP contribution is -2.37. The molecule has 0 unspecified atom stereocenters. The Hall–Kier alpha value is -2.13. The van der Waals surface area contributed by atoms with Gasteiger partial charge in [0.1, 0.15) is 12.4 Å². The van der Waals surface area contributed by atoms with Crippen LogP contribution in [0.2, 0.25) is 5.02 Å². The van der Waals surface area contributed by atoms with Gasteiger partial charge in [-0.2, -0.15) is 4.31 Å². The summed E-state index contributed by atoms with van der Waals surface area (Å²) in [5.41, 5.74) is 1.72. The van der Waals surface area contributed by atoms with Gasteiger partial charge in [0.05, 0.1) is 17.1 Å². The predicted molar refractivity (Wildman–Crippen MR) is 114 cm³/mol. The van der Waals surface area contributed by atoms with Gasteiger partial charge < -0.3 is 14.2 Å². The maximum absolute atomic E-state index is 12.8. The number of esters is 1. The summed E-state index contributed by atoms with van der Waals surface area (Å²) >= 11 is 6.13. The van der Waals surface area contributed by atoms with Crippen molar-refractivity contribution >= 4 is 27.6 Å². The zero-order valence-corrected chi connectivity index (χ0v) is 18.7. The van der Waals surface area contributed by atoms with Crippen molar-refractivity contribution in [2.75, 3.05) is 19.9 Å². The number of fused-ring (bicyclic) bond motifs is 1. The molecule has 0 spiro atoms. The summed E-state index contributed by atoms with van der Waals surface area (Å²) < 4.78 is 43.3. The third kappa shape index (κ3) is 4.87. The van der Waals surface area contributed by atoms with E-state index in [9.17, 15) is 13.2 Å². The Balaban J connectivity index is 1.43. The van der Waals surface area contributed by atoms with Gasteiger partial charge in [-0.1, -0.05) is 18.5 Å². The molecule has 0 atom stereocenters. The molecule has 0 amide bonds. The molecule has 0 aliphatic carbocycles. The van der Waals surface area contributed by atoms with Crippen LogP contribution in [-0.2, 0) is 32.7 Å². The van der Waals surface area contributed by atoms with Crippen LogP contribution >= 0.6 is 11.6 Å². The fourth-order valence-electron chi connectivity index (χ4n) is 3.73. The van der Waals surface area contributed by atoms with E-state index in [1.165, 1.54) is 28.6 Å². The van der Waals surface area contributed by atoms with Crippen LogP contribution in [0.4, 0.5) is 0 Å². The number of nitrogens with zero attached hydrogens (tertiary/aromatic N) is 1. The molecule has 9 heteroatoms. The van der Waals surface area contributed by atoms with E-state index in [1.807, 2.05) is 0 Å². The first kappa shape index (κ1) is 22.1. The topological polar surface area (TPSA) is 82.1 Å². The van der Waals surface area contributed by atoms with Crippen LogP contribution in [0.3, 0.4) is 0 Å². The van der Waals surface area contributed by atoms with E-state index in [0.29, 0.717) is 41.9 Å². The summed E-state index contributed by atoms with van der Waals surface area (Å²) in [5.74, 6) is 0.587. The maximum Gasteiger partial charge on any atom is 0.338 e. The van der Waals surface area contributed by atoms with Crippen molar-refractivity contribution in [2.24, 2.45) is 5.92 Å². The minimum absolute atomic E-state index is 0.0201. The van der Waals surface area contributed by atoms with Crippen LogP contribution in [-0.4, -0.2) is 38.6 Å². The molecule has 0 bridgehead atoms. The number of sulfonamides is 1. The summed E-state index contributed by atoms with van der Waals surface area (Å²) in [7, 11) is -3.56. The molecule has 2 aromatic rings. The molecule has 0 aromatic heterocycles. The molecule has 1 saturated heterocycles. The molecule has 31 heavy (non-hydrogen) atoms. The minimum Gasteiger partial charge on any atom is -0.467 e. The molecule has 0 saturated carbocycles. The van der Waals surface area contributed by atoms with Crippen molar-refractivity contribution in [1.82, 2.24) is 4.31 Å². The Kier molecular flexibility index (Phi) is 6.52. The van der Waals surface area contributed by atoms with Gasteiger partial charge >= 0.3 is 5.97 Å². The van der Waals surface area contributed by atoms with E-state index in [0.717, 1.165) is 18.4 Å². The van der Waals surface area contributed by atoms with Crippen LogP contribution in [0.25, 0.3) is 0 Å². The highest BCUT2D eigenvalue weighted by Crippen LogP contribution is 2.32. The molecular weight excluding hydrogens is 442 g/mol. The van der Waals surface area contributed by atoms with E-state index in [2.05, 4.69) is 6.92 Å². The number of carbonyl (C=O) groups excluding carboxylic acids is 1. The van der Waals surface area contributed by atoms with E-state index < -0.39 is 16.0 Å². The summed E-state index contributed by atoms with van der Waals surface area (Å²) in [6.45, 7) is 3.65. The first-order chi connectivity index (χ1) is 14.8. The molecular formula is C22H24ClNO6S. The minimum atomic E-state index is -3.56. The Bertz CT molecular complexity index is 1060. The summed E-state index contributed by atoms with van der Waals surface area (Å²) in [6, 6.07) is 9.29. The van der Waals surface area contributed by atoms with E-state index in [1.54, 1.807) is 12.1 Å². The van der Waals surface area contributed by atoms with Crippen LogP contribution in [0.5, 0.6) is 5.75 Å². The smallest absolute Gasteiger partial charge is 0.338 e. The molecule has 4 rings (SSSR count). The van der Waals surface area contributed by atoms with Gasteiger partial charge in [0.15, 0.2) is 6.79 Å². The molecule has 2 aromatic carbocycles. The lowest BCUT2D eigenvalue weighted by molar-refractivity contribution is -0.0180. The van der Waals surface area contributed by atoms with Crippen LogP contribution < -0.4 is 4.74 Å². The van der Waals surface area contributed by atoms with Crippen LogP contribution in [0.1, 0.15) is 41.3 Å². The zero-order chi connectivity index (χ0) is 22.0. The number of ether oxygens (including phenoxy) is 3. The van der Waals surface area contributed by atoms with Crippen molar-refractivity contribution in [1.29, 1.82) is 0 Å². The van der Waals surface area contributed by atoms with Gasteiger partial charge in [0.2, 0.25) is 10.0 Å². The van der Waals surface area contributed by atoms with Gasteiger partial charge in [-0.3, -0.25) is 0 Å². The molecule has 2 aliphatic rings. The highest BCUT2D eigenvalue weighted by Gasteiger charge is 2.28. The zero-order valence-electron chi connectivity index (χ0n) is 17.2. The Labute approximate surface area is 186 Å². The molecule has 166 valence electrons.